The average Bonchev–Trinajstić information content (AvgIpc) is 3.09. The van der Waals surface area contributed by atoms with Crippen molar-refractivity contribution in [1.82, 2.24) is 9.88 Å². The Morgan fingerprint density at radius 3 is 2.81 bits per heavy atom. The van der Waals surface area contributed by atoms with Crippen molar-refractivity contribution < 1.29 is 14.7 Å². The summed E-state index contributed by atoms with van der Waals surface area (Å²) in [5.74, 6) is 1.02. The van der Waals surface area contributed by atoms with Gasteiger partial charge in [-0.25, -0.2) is 9.78 Å². The van der Waals surface area contributed by atoms with Gasteiger partial charge in [0.05, 0.1) is 0 Å². The summed E-state index contributed by atoms with van der Waals surface area (Å²) >= 11 is 0. The minimum atomic E-state index is -1.11. The molecule has 2 aliphatic rings. The fourth-order valence-corrected chi connectivity index (χ4v) is 3.94. The molecule has 3 atom stereocenters. The highest BCUT2D eigenvalue weighted by atomic mass is 16.4. The molecule has 112 valence electrons. The average molecular weight is 288 g/mol. The van der Waals surface area contributed by atoms with E-state index in [0.29, 0.717) is 11.5 Å². The third-order valence-corrected chi connectivity index (χ3v) is 4.97. The van der Waals surface area contributed by atoms with Crippen molar-refractivity contribution >= 4 is 11.9 Å². The maximum Gasteiger partial charge on any atom is 0.354 e. The number of hydrogen-bond acceptors (Lipinski definition) is 3. The first-order valence-electron chi connectivity index (χ1n) is 7.49. The second-order valence-electron chi connectivity index (χ2n) is 6.36. The Kier molecular flexibility index (Phi) is 3.66. The quantitative estimate of drug-likeness (QED) is 0.922. The summed E-state index contributed by atoms with van der Waals surface area (Å²) in [6, 6.07) is 2.92. The largest absolute Gasteiger partial charge is 0.477 e. The molecular weight excluding hydrogens is 268 g/mol. The summed E-state index contributed by atoms with van der Waals surface area (Å²) in [7, 11) is 1.80. The molecule has 2 fully saturated rings. The third kappa shape index (κ3) is 2.77. The lowest BCUT2D eigenvalue weighted by atomic mass is 9.88. The van der Waals surface area contributed by atoms with Gasteiger partial charge in [0, 0.05) is 25.4 Å². The maximum atomic E-state index is 12.4. The van der Waals surface area contributed by atoms with Crippen molar-refractivity contribution in [3.8, 4) is 0 Å². The van der Waals surface area contributed by atoms with Gasteiger partial charge in [0.15, 0.2) is 0 Å². The Hall–Kier alpha value is -1.91. The molecule has 3 rings (SSSR count). The molecule has 1 N–H and O–H groups in total. The van der Waals surface area contributed by atoms with Gasteiger partial charge in [0.1, 0.15) is 5.69 Å². The van der Waals surface area contributed by atoms with E-state index in [-0.39, 0.29) is 11.6 Å². The molecule has 21 heavy (non-hydrogen) atoms. The predicted molar refractivity (Wildman–Crippen MR) is 77.1 cm³/mol. The van der Waals surface area contributed by atoms with Crippen LogP contribution < -0.4 is 0 Å². The molecule has 0 saturated heterocycles. The van der Waals surface area contributed by atoms with E-state index < -0.39 is 5.97 Å². The topological polar surface area (TPSA) is 70.5 Å². The smallest absolute Gasteiger partial charge is 0.354 e. The van der Waals surface area contributed by atoms with E-state index in [4.69, 9.17) is 5.11 Å². The number of pyridine rings is 1. The molecule has 1 aromatic rings. The standard InChI is InChI=1S/C16H20N2O3/c1-18(9-13-7-10-2-3-11(13)6-10)15(19)12-4-5-17-14(8-12)16(20)21/h4-5,8,10-11,13H,2-3,6-7,9H2,1H3,(H,20,21). The van der Waals surface area contributed by atoms with Crippen LogP contribution in [-0.4, -0.2) is 40.5 Å². The Labute approximate surface area is 124 Å². The highest BCUT2D eigenvalue weighted by molar-refractivity contribution is 5.96. The number of aromatic carboxylic acids is 1. The van der Waals surface area contributed by atoms with Gasteiger partial charge < -0.3 is 10.0 Å². The zero-order valence-corrected chi connectivity index (χ0v) is 12.2. The molecule has 5 nitrogen and oxygen atoms in total. The van der Waals surface area contributed by atoms with E-state index in [1.165, 1.54) is 37.9 Å². The second-order valence-corrected chi connectivity index (χ2v) is 6.36. The van der Waals surface area contributed by atoms with Gasteiger partial charge in [0.25, 0.3) is 5.91 Å². The molecule has 0 aliphatic heterocycles. The van der Waals surface area contributed by atoms with E-state index in [2.05, 4.69) is 4.98 Å². The van der Waals surface area contributed by atoms with Crippen molar-refractivity contribution in [2.45, 2.75) is 25.7 Å². The van der Waals surface area contributed by atoms with E-state index in [1.54, 1.807) is 18.0 Å². The number of carboxylic acid groups (broad SMARTS) is 1. The van der Waals surface area contributed by atoms with Gasteiger partial charge >= 0.3 is 5.97 Å². The number of carbonyl (C=O) groups excluding carboxylic acids is 1. The Morgan fingerprint density at radius 1 is 1.38 bits per heavy atom. The number of nitrogens with zero attached hydrogens (tertiary/aromatic N) is 2. The summed E-state index contributed by atoms with van der Waals surface area (Å²) in [6.07, 6.45) is 6.59. The number of aromatic nitrogens is 1. The van der Waals surface area contributed by atoms with Gasteiger partial charge in [-0.15, -0.1) is 0 Å². The molecule has 2 aliphatic carbocycles. The van der Waals surface area contributed by atoms with Crippen molar-refractivity contribution in [3.63, 3.8) is 0 Å². The van der Waals surface area contributed by atoms with Crippen LogP contribution in [0.3, 0.4) is 0 Å². The molecule has 1 aromatic heterocycles. The zero-order valence-electron chi connectivity index (χ0n) is 12.2. The lowest BCUT2D eigenvalue weighted by Gasteiger charge is -2.27. The van der Waals surface area contributed by atoms with Crippen LogP contribution in [0.1, 0.15) is 46.5 Å². The van der Waals surface area contributed by atoms with Gasteiger partial charge in [0.2, 0.25) is 0 Å². The highest BCUT2D eigenvalue weighted by Gasteiger charge is 2.40. The minimum absolute atomic E-state index is 0.0887. The van der Waals surface area contributed by atoms with Crippen LogP contribution in [0.4, 0.5) is 0 Å². The van der Waals surface area contributed by atoms with E-state index in [9.17, 15) is 9.59 Å². The van der Waals surface area contributed by atoms with Crippen LogP contribution in [0.5, 0.6) is 0 Å². The first-order chi connectivity index (χ1) is 10.0. The summed E-state index contributed by atoms with van der Waals surface area (Å²) in [6.45, 7) is 0.769. The van der Waals surface area contributed by atoms with Crippen molar-refractivity contribution in [1.29, 1.82) is 0 Å². The number of carboxylic acids is 1. The molecule has 2 saturated carbocycles. The maximum absolute atomic E-state index is 12.4. The molecule has 0 radical (unpaired) electrons. The highest BCUT2D eigenvalue weighted by Crippen LogP contribution is 2.48. The molecule has 1 amide bonds. The van der Waals surface area contributed by atoms with Gasteiger partial charge in [-0.2, -0.15) is 0 Å². The first-order valence-corrected chi connectivity index (χ1v) is 7.49. The fourth-order valence-electron chi connectivity index (χ4n) is 3.94. The monoisotopic (exact) mass is 288 g/mol. The van der Waals surface area contributed by atoms with E-state index in [0.717, 1.165) is 18.4 Å². The molecule has 5 heteroatoms. The molecular formula is C16H20N2O3. The molecule has 0 aromatic carbocycles. The normalized spacial score (nSPS) is 26.8. The molecule has 1 heterocycles. The predicted octanol–water partition coefficient (Wildman–Crippen LogP) is 2.29. The van der Waals surface area contributed by atoms with Crippen LogP contribution in [0.25, 0.3) is 0 Å². The Bertz CT molecular complexity index is 572. The van der Waals surface area contributed by atoms with Crippen molar-refractivity contribution in [2.75, 3.05) is 13.6 Å². The van der Waals surface area contributed by atoms with Crippen molar-refractivity contribution in [3.05, 3.63) is 29.6 Å². The third-order valence-electron chi connectivity index (χ3n) is 4.97. The number of carbonyl (C=O) groups is 2. The van der Waals surface area contributed by atoms with Gasteiger partial charge in [-0.05, 0) is 49.1 Å². The molecule has 2 bridgehead atoms. The summed E-state index contributed by atoms with van der Waals surface area (Å²) < 4.78 is 0. The second kappa shape index (κ2) is 5.47. The Morgan fingerprint density at radius 2 is 2.19 bits per heavy atom. The fraction of sp³-hybridized carbons (Fsp3) is 0.562. The minimum Gasteiger partial charge on any atom is -0.477 e. The van der Waals surface area contributed by atoms with E-state index in [1.807, 2.05) is 0 Å². The number of hydrogen-bond donors (Lipinski definition) is 1. The lowest BCUT2D eigenvalue weighted by molar-refractivity contribution is 0.0690. The first kappa shape index (κ1) is 14.0. The summed E-state index contributed by atoms with van der Waals surface area (Å²) in [4.78, 5) is 28.8. The summed E-state index contributed by atoms with van der Waals surface area (Å²) in [5, 5.41) is 8.94. The number of fused-ring (bicyclic) bond motifs is 2. The molecule has 0 spiro atoms. The van der Waals surface area contributed by atoms with Crippen LogP contribution in [-0.2, 0) is 0 Å². The molecule has 3 unspecified atom stereocenters. The van der Waals surface area contributed by atoms with Crippen LogP contribution in [0, 0.1) is 17.8 Å². The van der Waals surface area contributed by atoms with Crippen LogP contribution in [0.2, 0.25) is 0 Å². The van der Waals surface area contributed by atoms with Crippen molar-refractivity contribution in [2.24, 2.45) is 17.8 Å². The Balaban J connectivity index is 1.67. The SMILES string of the molecule is CN(CC1CC2CCC1C2)C(=O)c1ccnc(C(=O)O)c1. The number of amides is 1. The number of rotatable bonds is 4. The van der Waals surface area contributed by atoms with Crippen LogP contribution >= 0.6 is 0 Å². The lowest BCUT2D eigenvalue weighted by Crippen LogP contribution is -2.33. The van der Waals surface area contributed by atoms with Gasteiger partial charge in [-0.3, -0.25) is 4.79 Å². The van der Waals surface area contributed by atoms with Gasteiger partial charge in [-0.1, -0.05) is 6.42 Å². The zero-order chi connectivity index (χ0) is 15.0. The van der Waals surface area contributed by atoms with Crippen LogP contribution in [0.15, 0.2) is 18.3 Å². The van der Waals surface area contributed by atoms with E-state index >= 15 is 0 Å². The summed E-state index contributed by atoms with van der Waals surface area (Å²) in [5.41, 5.74) is 0.308.